The lowest BCUT2D eigenvalue weighted by Gasteiger charge is -2.20. The molecule has 0 aliphatic heterocycles. The van der Waals surface area contributed by atoms with E-state index in [-0.39, 0.29) is 12.6 Å². The molecular weight excluding hydrogens is 430 g/mol. The highest BCUT2D eigenvalue weighted by Crippen LogP contribution is 2.29. The van der Waals surface area contributed by atoms with Crippen molar-refractivity contribution in [2.75, 3.05) is 31.7 Å². The summed E-state index contributed by atoms with van der Waals surface area (Å²) in [5, 5.41) is 13.1. The summed E-state index contributed by atoms with van der Waals surface area (Å²) in [7, 11) is 1.92. The molecule has 3 rings (SSSR count). The number of benzene rings is 2. The van der Waals surface area contributed by atoms with Gasteiger partial charge >= 0.3 is 5.97 Å². The predicted octanol–water partition coefficient (Wildman–Crippen LogP) is 4.62. The van der Waals surface area contributed by atoms with Crippen LogP contribution < -0.4 is 9.63 Å². The van der Waals surface area contributed by atoms with Crippen LogP contribution in [0.15, 0.2) is 66.9 Å². The predicted molar refractivity (Wildman–Crippen MR) is 133 cm³/mol. The maximum Gasteiger partial charge on any atom is 0.332 e. The summed E-state index contributed by atoms with van der Waals surface area (Å²) in [6, 6.07) is 19.3. The number of aromatic nitrogens is 2. The van der Waals surface area contributed by atoms with E-state index >= 15 is 0 Å². The molecule has 180 valence electrons. The average Bonchev–Trinajstić information content (AvgIpc) is 2.80. The Bertz CT molecular complexity index is 1070. The van der Waals surface area contributed by atoms with Crippen LogP contribution >= 0.6 is 0 Å². The summed E-state index contributed by atoms with van der Waals surface area (Å²) in [6.45, 7) is 6.60. The third kappa shape index (κ3) is 7.28. The third-order valence-corrected chi connectivity index (χ3v) is 5.06. The molecule has 7 heteroatoms. The molecule has 0 unspecified atom stereocenters. The molecule has 34 heavy (non-hydrogen) atoms. The average molecular weight is 464 g/mol. The van der Waals surface area contributed by atoms with Crippen LogP contribution in [0.4, 0.5) is 5.82 Å². The van der Waals surface area contributed by atoms with Crippen molar-refractivity contribution in [3.63, 3.8) is 0 Å². The van der Waals surface area contributed by atoms with E-state index in [0.29, 0.717) is 30.4 Å². The lowest BCUT2D eigenvalue weighted by molar-refractivity contribution is -0.593. The standard InChI is InChI=1S/C27H33N3O4/c1-27(2,3)34-24(31)20-33-18-12-11-17-29(4)23-19-30(32)26(22-15-9-6-10-16-22)25(28-23)21-13-7-5-8-14-21/h5-10,13-16,19H,11-12,17-18,20H2,1-4H3. The highest BCUT2D eigenvalue weighted by atomic mass is 16.6. The molecule has 0 bridgehead atoms. The summed E-state index contributed by atoms with van der Waals surface area (Å²) in [5.74, 6) is 0.240. The van der Waals surface area contributed by atoms with Gasteiger partial charge in [-0.1, -0.05) is 48.5 Å². The number of carbonyl (C=O) groups is 1. The first-order chi connectivity index (χ1) is 16.2. The first kappa shape index (κ1) is 25.2. The number of rotatable bonds is 10. The van der Waals surface area contributed by atoms with Gasteiger partial charge in [0, 0.05) is 31.3 Å². The van der Waals surface area contributed by atoms with Crippen molar-refractivity contribution in [3.8, 4) is 22.5 Å². The normalized spacial score (nSPS) is 11.3. The van der Waals surface area contributed by atoms with Crippen molar-refractivity contribution in [2.24, 2.45) is 0 Å². The fourth-order valence-corrected chi connectivity index (χ4v) is 3.51. The minimum Gasteiger partial charge on any atom is -0.618 e. The number of unbranched alkanes of at least 4 members (excludes halogenated alkanes) is 1. The van der Waals surface area contributed by atoms with Crippen LogP contribution in [0.3, 0.4) is 0 Å². The van der Waals surface area contributed by atoms with Crippen LogP contribution in [-0.4, -0.2) is 43.4 Å². The molecular formula is C27H33N3O4. The Labute approximate surface area is 201 Å². The fourth-order valence-electron chi connectivity index (χ4n) is 3.51. The highest BCUT2D eigenvalue weighted by Gasteiger charge is 2.22. The molecule has 0 spiro atoms. The van der Waals surface area contributed by atoms with E-state index in [1.165, 1.54) is 6.20 Å². The first-order valence-electron chi connectivity index (χ1n) is 11.5. The van der Waals surface area contributed by atoms with E-state index in [2.05, 4.69) is 0 Å². The monoisotopic (exact) mass is 463 g/mol. The number of carbonyl (C=O) groups excluding carboxylic acids is 1. The van der Waals surface area contributed by atoms with Gasteiger partial charge in [-0.2, -0.15) is 4.73 Å². The topological polar surface area (TPSA) is 78.6 Å². The Morgan fingerprint density at radius 3 is 2.24 bits per heavy atom. The largest absolute Gasteiger partial charge is 0.618 e. The van der Waals surface area contributed by atoms with Crippen LogP contribution in [0.2, 0.25) is 0 Å². The molecule has 1 heterocycles. The lowest BCUT2D eigenvalue weighted by Crippen LogP contribution is -2.33. The number of nitrogens with zero attached hydrogens (tertiary/aromatic N) is 3. The van der Waals surface area contributed by atoms with Crippen molar-refractivity contribution < 1.29 is 19.0 Å². The molecule has 0 atom stereocenters. The van der Waals surface area contributed by atoms with Crippen molar-refractivity contribution in [1.29, 1.82) is 0 Å². The zero-order valence-electron chi connectivity index (χ0n) is 20.4. The van der Waals surface area contributed by atoms with Crippen molar-refractivity contribution in [2.45, 2.75) is 39.2 Å². The van der Waals surface area contributed by atoms with E-state index in [1.54, 1.807) is 0 Å². The molecule has 3 aromatic rings. The van der Waals surface area contributed by atoms with Crippen molar-refractivity contribution >= 4 is 11.8 Å². The van der Waals surface area contributed by atoms with E-state index in [4.69, 9.17) is 14.5 Å². The summed E-state index contributed by atoms with van der Waals surface area (Å²) in [5.41, 5.74) is 2.37. The molecule has 0 saturated carbocycles. The molecule has 0 radical (unpaired) electrons. The Hall–Kier alpha value is -3.45. The van der Waals surface area contributed by atoms with Crippen LogP contribution in [0.25, 0.3) is 22.5 Å². The third-order valence-electron chi connectivity index (χ3n) is 5.06. The summed E-state index contributed by atoms with van der Waals surface area (Å²) in [4.78, 5) is 18.5. The molecule has 2 aromatic carbocycles. The lowest BCUT2D eigenvalue weighted by atomic mass is 10.0. The summed E-state index contributed by atoms with van der Waals surface area (Å²) in [6.07, 6.45) is 3.12. The van der Waals surface area contributed by atoms with Gasteiger partial charge in [-0.15, -0.1) is 0 Å². The Morgan fingerprint density at radius 1 is 1.00 bits per heavy atom. The van der Waals surface area contributed by atoms with Gasteiger partial charge in [-0.3, -0.25) is 0 Å². The Kier molecular flexibility index (Phi) is 8.60. The van der Waals surface area contributed by atoms with Gasteiger partial charge < -0.3 is 19.6 Å². The second-order valence-electron chi connectivity index (χ2n) is 9.12. The molecule has 7 nitrogen and oxygen atoms in total. The van der Waals surface area contributed by atoms with Gasteiger partial charge in [-0.05, 0) is 45.7 Å². The minimum atomic E-state index is -0.511. The molecule has 0 amide bonds. The summed E-state index contributed by atoms with van der Waals surface area (Å²) >= 11 is 0. The van der Waals surface area contributed by atoms with Crippen LogP contribution in [0, 0.1) is 5.21 Å². The number of ether oxygens (including phenoxy) is 2. The highest BCUT2D eigenvalue weighted by molar-refractivity contribution is 5.76. The van der Waals surface area contributed by atoms with Gasteiger partial charge in [0.25, 0.3) is 0 Å². The number of hydrogen-bond donors (Lipinski definition) is 0. The maximum absolute atomic E-state index is 13.1. The Balaban J connectivity index is 1.64. The molecule has 0 aliphatic rings. The second-order valence-corrected chi connectivity index (χ2v) is 9.12. The van der Waals surface area contributed by atoms with E-state index in [0.717, 1.165) is 28.7 Å². The quantitative estimate of drug-likeness (QED) is 0.189. The minimum absolute atomic E-state index is 0.0494. The zero-order valence-corrected chi connectivity index (χ0v) is 20.4. The maximum atomic E-state index is 13.1. The van der Waals surface area contributed by atoms with E-state index < -0.39 is 5.60 Å². The summed E-state index contributed by atoms with van der Waals surface area (Å²) < 4.78 is 11.6. The molecule has 0 N–H and O–H groups in total. The Morgan fingerprint density at radius 2 is 1.62 bits per heavy atom. The zero-order chi connectivity index (χ0) is 24.6. The fraction of sp³-hybridized carbons (Fsp3) is 0.370. The number of esters is 1. The van der Waals surface area contributed by atoms with E-state index in [1.807, 2.05) is 93.4 Å². The molecule has 0 aliphatic carbocycles. The molecule has 1 aromatic heterocycles. The van der Waals surface area contributed by atoms with Crippen molar-refractivity contribution in [1.82, 2.24) is 4.98 Å². The number of hydrogen-bond acceptors (Lipinski definition) is 6. The van der Waals surface area contributed by atoms with Gasteiger partial charge in [0.05, 0.1) is 0 Å². The number of anilines is 1. The van der Waals surface area contributed by atoms with Crippen molar-refractivity contribution in [3.05, 3.63) is 72.1 Å². The van der Waals surface area contributed by atoms with Gasteiger partial charge in [-0.25, -0.2) is 9.78 Å². The van der Waals surface area contributed by atoms with E-state index in [9.17, 15) is 10.0 Å². The van der Waals surface area contributed by atoms with Gasteiger partial charge in [0.15, 0.2) is 5.82 Å². The van der Waals surface area contributed by atoms with Crippen LogP contribution in [0.1, 0.15) is 33.6 Å². The van der Waals surface area contributed by atoms with Crippen LogP contribution in [0.5, 0.6) is 0 Å². The van der Waals surface area contributed by atoms with Gasteiger partial charge in [0.2, 0.25) is 11.9 Å². The molecule has 0 fully saturated rings. The van der Waals surface area contributed by atoms with Crippen LogP contribution in [-0.2, 0) is 14.3 Å². The smallest absolute Gasteiger partial charge is 0.332 e. The van der Waals surface area contributed by atoms with Gasteiger partial charge in [0.1, 0.15) is 17.9 Å². The SMILES string of the molecule is CN(CCCCOCC(=O)OC(C)(C)C)c1c[n+]([O-])c(-c2ccccc2)c(-c2ccccc2)n1. The molecule has 0 saturated heterocycles. The second kappa shape index (κ2) is 11.6. The first-order valence-corrected chi connectivity index (χ1v) is 11.5.